The molecule has 1 aromatic carbocycles. The fourth-order valence-corrected chi connectivity index (χ4v) is 13.9. The van der Waals surface area contributed by atoms with Gasteiger partial charge < -0.3 is 82.7 Å². The third kappa shape index (κ3) is 10.0. The van der Waals surface area contributed by atoms with Gasteiger partial charge in [-0.15, -0.1) is 0 Å². The maximum atomic E-state index is 13.9. The summed E-state index contributed by atoms with van der Waals surface area (Å²) < 4.78 is 67.5. The van der Waals surface area contributed by atoms with E-state index in [-0.39, 0.29) is 38.5 Å². The predicted octanol–water partition coefficient (Wildman–Crippen LogP) is 3.95. The van der Waals surface area contributed by atoms with Crippen molar-refractivity contribution in [2.24, 2.45) is 16.7 Å². The van der Waals surface area contributed by atoms with Crippen molar-refractivity contribution in [3.8, 4) is 0 Å². The molecular weight excluding hydrogens is 977 g/mol. The van der Waals surface area contributed by atoms with Gasteiger partial charge in [-0.1, -0.05) is 62.4 Å². The molecule has 8 rings (SSSR count). The fourth-order valence-electron chi connectivity index (χ4n) is 13.9. The van der Waals surface area contributed by atoms with Gasteiger partial charge in [0, 0.05) is 63.6 Å². The van der Waals surface area contributed by atoms with Gasteiger partial charge >= 0.3 is 11.9 Å². The summed E-state index contributed by atoms with van der Waals surface area (Å²) in [6, 6.07) is 9.18. The van der Waals surface area contributed by atoms with Gasteiger partial charge in [0.05, 0.1) is 47.6 Å². The Hall–Kier alpha value is -3.22. The fraction of sp³-hybridized carbons (Fsp3) is 0.750. The molecule has 3 saturated heterocycles. The van der Waals surface area contributed by atoms with Gasteiger partial charge in [0.25, 0.3) is 0 Å². The molecule has 0 radical (unpaired) electrons. The van der Waals surface area contributed by atoms with E-state index in [0.717, 1.165) is 5.56 Å². The molecule has 6 N–H and O–H groups in total. The zero-order valence-electron chi connectivity index (χ0n) is 45.2. The minimum Gasteiger partial charge on any atom is -0.458 e. The standard InChI is InChI=1S/C56H82O19/c1-12-30(2)49(60)71-34(6)54(62)24-25-56(64)52(54,8)40(73-41(57)19-18-35-16-14-13-15-17-35)28-39-51(7)21-20-36(29-53(51,61)22-23-55(39,56)63)72-42-26-37(65-9)46(32(4)68-42)74-43-27-38(66-10)47(33(5)69-43)75-50-45(59)48(67-11)44(58)31(3)70-50/h12-19,22-23,31-34,36-40,42-48,50,58-59,61-64H,20-21,24-29H2,1-11H3/b19-18+,30-12+/t31-,32-,33-,34+,36+,37+,38-,39-,40-,42+,43+,44-,45-,46-,47-,48+,50+,51-,52-,53-,54+,55+,56-/m1/s1. The zero-order valence-corrected chi connectivity index (χ0v) is 45.2. The third-order valence-corrected chi connectivity index (χ3v) is 18.8. The Labute approximate surface area is 440 Å². The molecule has 6 fully saturated rings. The van der Waals surface area contributed by atoms with Gasteiger partial charge in [-0.2, -0.15) is 0 Å². The number of ether oxygens (including phenoxy) is 11. The molecule has 1 aromatic rings. The van der Waals surface area contributed by atoms with E-state index >= 15 is 0 Å². The lowest BCUT2D eigenvalue weighted by molar-refractivity contribution is -0.353. The second-order valence-electron chi connectivity index (χ2n) is 22.6. The van der Waals surface area contributed by atoms with Crippen LogP contribution in [-0.2, 0) is 61.7 Å². The molecular formula is C56H82O19. The maximum Gasteiger partial charge on any atom is 0.333 e. The van der Waals surface area contributed by atoms with Crippen LogP contribution in [0.5, 0.6) is 0 Å². The van der Waals surface area contributed by atoms with Crippen LogP contribution in [0, 0.1) is 16.7 Å². The van der Waals surface area contributed by atoms with Gasteiger partial charge in [0.1, 0.15) is 59.5 Å². The Morgan fingerprint density at radius 2 is 1.39 bits per heavy atom. The van der Waals surface area contributed by atoms with Crippen LogP contribution in [-0.4, -0.2) is 185 Å². The number of methoxy groups -OCH3 is 3. The van der Waals surface area contributed by atoms with Crippen molar-refractivity contribution < 1.29 is 92.3 Å². The number of carbonyl (C=O) groups excluding carboxylic acids is 2. The first-order valence-electron chi connectivity index (χ1n) is 26.6. The molecule has 0 unspecified atom stereocenters. The highest BCUT2D eigenvalue weighted by molar-refractivity contribution is 5.88. The van der Waals surface area contributed by atoms with E-state index in [1.165, 1.54) is 19.3 Å². The van der Waals surface area contributed by atoms with Crippen molar-refractivity contribution in [1.29, 1.82) is 0 Å². The van der Waals surface area contributed by atoms with Crippen molar-refractivity contribution in [3.05, 3.63) is 65.8 Å². The molecule has 7 aliphatic rings. The highest BCUT2D eigenvalue weighted by Crippen LogP contribution is 2.71. The Bertz CT molecular complexity index is 2260. The van der Waals surface area contributed by atoms with Crippen molar-refractivity contribution in [2.75, 3.05) is 21.3 Å². The zero-order chi connectivity index (χ0) is 54.6. The average molecular weight is 1060 g/mol. The van der Waals surface area contributed by atoms with Crippen LogP contribution < -0.4 is 0 Å². The minimum absolute atomic E-state index is 0.0641. The first-order chi connectivity index (χ1) is 35.4. The number of allylic oxidation sites excluding steroid dienone is 1. The lowest BCUT2D eigenvalue weighted by Crippen LogP contribution is -2.80. The largest absolute Gasteiger partial charge is 0.458 e. The summed E-state index contributed by atoms with van der Waals surface area (Å²) in [5.41, 5.74) is -9.62. The van der Waals surface area contributed by atoms with Crippen LogP contribution >= 0.6 is 0 Å². The smallest absolute Gasteiger partial charge is 0.333 e. The summed E-state index contributed by atoms with van der Waals surface area (Å²) in [5, 5.41) is 73.6. The minimum atomic E-state index is -2.15. The van der Waals surface area contributed by atoms with Crippen LogP contribution in [0.2, 0.25) is 0 Å². The first kappa shape index (κ1) is 57.9. The summed E-state index contributed by atoms with van der Waals surface area (Å²) in [5.74, 6) is -2.30. The molecule has 23 atom stereocenters. The van der Waals surface area contributed by atoms with Crippen LogP contribution in [0.4, 0.5) is 0 Å². The van der Waals surface area contributed by atoms with Gasteiger partial charge in [-0.25, -0.2) is 9.59 Å². The summed E-state index contributed by atoms with van der Waals surface area (Å²) in [6.45, 7) is 13.6. The molecule has 3 aliphatic heterocycles. The average Bonchev–Trinajstić information content (AvgIpc) is 3.61. The molecule has 4 aliphatic carbocycles. The monoisotopic (exact) mass is 1060 g/mol. The molecule has 19 nitrogen and oxygen atoms in total. The van der Waals surface area contributed by atoms with Crippen LogP contribution in [0.25, 0.3) is 6.08 Å². The highest BCUT2D eigenvalue weighted by Gasteiger charge is 2.82. The third-order valence-electron chi connectivity index (χ3n) is 18.8. The summed E-state index contributed by atoms with van der Waals surface area (Å²) in [7, 11) is 4.54. The Balaban J connectivity index is 0.967. The molecule has 0 spiro atoms. The molecule has 3 heterocycles. The van der Waals surface area contributed by atoms with Crippen LogP contribution in [0.1, 0.15) is 112 Å². The van der Waals surface area contributed by atoms with Crippen LogP contribution in [0.3, 0.4) is 0 Å². The number of fused-ring (bicyclic) bond motifs is 5. The predicted molar refractivity (Wildman–Crippen MR) is 268 cm³/mol. The number of benzene rings is 1. The number of hydrogen-bond donors (Lipinski definition) is 6. The second kappa shape index (κ2) is 22.1. The van der Waals surface area contributed by atoms with E-state index in [0.29, 0.717) is 18.4 Å². The highest BCUT2D eigenvalue weighted by atomic mass is 16.8. The van der Waals surface area contributed by atoms with Gasteiger partial charge in [-0.05, 0) is 85.3 Å². The van der Waals surface area contributed by atoms with Gasteiger partial charge in [0.15, 0.2) is 18.9 Å². The number of carbonyl (C=O) groups is 2. The SMILES string of the molecule is C/C=C(\C)C(=O)O[C@@H](C)[C@@]1(O)CC[C@@]2(O)[C@]1(C)[C@H](OC(=O)/C=C/c1ccccc1)C[C@H]1[C@@]2(O)C=C[C@@]2(O)C[C@@H](O[C@H]3C[C@H](OC)[C@H](O[C@H]4C[C@@H](OC)[C@H](O[C@@H]5O[C@H](C)[C@@H](O)[C@H](OC)[C@H]5O)[C@@H](C)O4)[C@@H](C)O3)CC[C@]12C. The topological polar surface area (TPSA) is 257 Å². The van der Waals surface area contributed by atoms with E-state index in [1.54, 1.807) is 67.1 Å². The van der Waals surface area contributed by atoms with E-state index in [1.807, 2.05) is 51.1 Å². The van der Waals surface area contributed by atoms with Crippen molar-refractivity contribution in [2.45, 2.75) is 227 Å². The van der Waals surface area contributed by atoms with Crippen molar-refractivity contribution in [3.63, 3.8) is 0 Å². The number of aliphatic hydroxyl groups excluding tert-OH is 2. The van der Waals surface area contributed by atoms with E-state index in [2.05, 4.69) is 0 Å². The second-order valence-corrected chi connectivity index (χ2v) is 22.6. The first-order valence-corrected chi connectivity index (χ1v) is 26.6. The molecule has 0 aromatic heterocycles. The molecule has 75 heavy (non-hydrogen) atoms. The molecule has 0 bridgehead atoms. The lowest BCUT2D eigenvalue weighted by atomic mass is 9.41. The number of rotatable bonds is 15. The van der Waals surface area contributed by atoms with Crippen molar-refractivity contribution >= 4 is 18.0 Å². The van der Waals surface area contributed by atoms with Gasteiger partial charge in [0.2, 0.25) is 0 Å². The maximum absolute atomic E-state index is 13.9. The lowest BCUT2D eigenvalue weighted by Gasteiger charge is -2.68. The molecule has 3 saturated carbocycles. The Morgan fingerprint density at radius 1 is 0.760 bits per heavy atom. The Morgan fingerprint density at radius 3 is 2.00 bits per heavy atom. The van der Waals surface area contributed by atoms with E-state index in [4.69, 9.17) is 52.1 Å². The molecule has 19 heteroatoms. The summed E-state index contributed by atoms with van der Waals surface area (Å²) >= 11 is 0. The molecule has 0 amide bonds. The van der Waals surface area contributed by atoms with Gasteiger partial charge in [-0.3, -0.25) is 0 Å². The number of hydrogen-bond acceptors (Lipinski definition) is 19. The van der Waals surface area contributed by atoms with E-state index < -0.39 is 149 Å². The van der Waals surface area contributed by atoms with Crippen LogP contribution in [0.15, 0.2) is 60.2 Å². The van der Waals surface area contributed by atoms with Crippen molar-refractivity contribution in [1.82, 2.24) is 0 Å². The Kier molecular flexibility index (Phi) is 17.1. The summed E-state index contributed by atoms with van der Waals surface area (Å²) in [4.78, 5) is 27.0. The normalized spacial score (nSPS) is 47.3. The number of aliphatic hydroxyl groups is 6. The quantitative estimate of drug-likeness (QED) is 0.0826. The van der Waals surface area contributed by atoms with E-state index in [9.17, 15) is 40.2 Å². The number of esters is 2. The summed E-state index contributed by atoms with van der Waals surface area (Å²) in [6.07, 6.45) is -4.30. The molecule has 420 valence electrons.